The molecule has 1 N–H and O–H groups in total. The summed E-state index contributed by atoms with van der Waals surface area (Å²) in [5, 5.41) is 13.9. The van der Waals surface area contributed by atoms with Crippen molar-refractivity contribution in [2.45, 2.75) is 105 Å². The Balaban J connectivity index is 2.34. The van der Waals surface area contributed by atoms with Crippen LogP contribution < -0.4 is 0 Å². The Morgan fingerprint density at radius 2 is 1.90 bits per heavy atom. The maximum Gasteiger partial charge on any atom is 0.195 e. The molecule has 0 spiro atoms. The van der Waals surface area contributed by atoms with Gasteiger partial charge in [-0.3, -0.25) is 0 Å². The molecule has 1 aromatic heterocycles. The van der Waals surface area contributed by atoms with Crippen LogP contribution in [-0.4, -0.2) is 24.7 Å². The Morgan fingerprint density at radius 3 is 2.45 bits per heavy atom. The first-order valence-electron chi connectivity index (χ1n) is 10.9. The highest BCUT2D eigenvalue weighted by atomic mass is 32.1. The first-order valence-corrected chi connectivity index (χ1v) is 14.7. The number of thiazole rings is 1. The monoisotopic (exact) mass is 437 g/mol. The molecule has 5 heteroatoms. The van der Waals surface area contributed by atoms with Crippen LogP contribution in [0.3, 0.4) is 0 Å². The number of allylic oxidation sites excluding steroid dienone is 3. The topological polar surface area (TPSA) is 42.4 Å². The maximum atomic E-state index is 10.5. The van der Waals surface area contributed by atoms with Gasteiger partial charge in [0, 0.05) is 11.3 Å². The predicted octanol–water partition coefficient (Wildman–Crippen LogP) is 7.73. The molecule has 0 radical (unpaired) electrons. The highest BCUT2D eigenvalue weighted by molar-refractivity contribution is 7.09. The molecule has 0 saturated carbocycles. The van der Waals surface area contributed by atoms with E-state index in [1.807, 2.05) is 6.92 Å². The van der Waals surface area contributed by atoms with Crippen molar-refractivity contribution in [3.63, 3.8) is 0 Å². The molecule has 29 heavy (non-hydrogen) atoms. The highest BCUT2D eigenvalue weighted by Crippen LogP contribution is 2.38. The zero-order chi connectivity index (χ0) is 22.2. The Bertz CT molecular complexity index is 685. The van der Waals surface area contributed by atoms with Gasteiger partial charge in [-0.2, -0.15) is 0 Å². The molecule has 0 saturated heterocycles. The molecule has 3 nitrogen and oxygen atoms in total. The van der Waals surface area contributed by atoms with Crippen molar-refractivity contribution < 1.29 is 9.53 Å². The number of nitrogens with zero attached hydrogens (tertiary/aromatic N) is 1. The molecule has 0 amide bonds. The van der Waals surface area contributed by atoms with Gasteiger partial charge in [0.05, 0.1) is 10.7 Å². The second kappa shape index (κ2) is 11.6. The second-order valence-electron chi connectivity index (χ2n) is 10.0. The lowest BCUT2D eigenvalue weighted by atomic mass is 10.0. The van der Waals surface area contributed by atoms with Crippen LogP contribution in [0.25, 0.3) is 6.08 Å². The summed E-state index contributed by atoms with van der Waals surface area (Å²) in [6, 6.07) is 0. The smallest absolute Gasteiger partial charge is 0.195 e. The average Bonchev–Trinajstić information content (AvgIpc) is 2.98. The van der Waals surface area contributed by atoms with E-state index in [2.05, 4.69) is 77.2 Å². The lowest BCUT2D eigenvalue weighted by Crippen LogP contribution is -2.45. The number of hydrogen-bond donors (Lipinski definition) is 1. The van der Waals surface area contributed by atoms with Crippen LogP contribution in [0.15, 0.2) is 22.6 Å². The van der Waals surface area contributed by atoms with Gasteiger partial charge in [0.25, 0.3) is 0 Å². The van der Waals surface area contributed by atoms with E-state index in [0.29, 0.717) is 0 Å². The lowest BCUT2D eigenvalue weighted by molar-refractivity contribution is -0.0692. The zero-order valence-electron chi connectivity index (χ0n) is 20.1. The minimum Gasteiger partial charge on any atom is -0.392 e. The summed E-state index contributed by atoms with van der Waals surface area (Å²) < 4.78 is 6.13. The van der Waals surface area contributed by atoms with Gasteiger partial charge in [-0.1, -0.05) is 44.9 Å². The van der Waals surface area contributed by atoms with E-state index >= 15 is 0 Å². The molecule has 0 aliphatic carbocycles. The molecule has 1 rings (SSSR count). The molecule has 1 aromatic rings. The minimum atomic E-state index is -1.92. The van der Waals surface area contributed by atoms with Crippen molar-refractivity contribution in [1.29, 1.82) is 0 Å². The molecular weight excluding hydrogens is 394 g/mol. The molecule has 0 aromatic carbocycles. The van der Waals surface area contributed by atoms with Gasteiger partial charge >= 0.3 is 0 Å². The fraction of sp³-hybridized carbons (Fsp3) is 0.708. The van der Waals surface area contributed by atoms with E-state index in [9.17, 15) is 5.11 Å². The van der Waals surface area contributed by atoms with Crippen LogP contribution in [0.2, 0.25) is 18.1 Å². The van der Waals surface area contributed by atoms with Crippen molar-refractivity contribution in [1.82, 2.24) is 4.98 Å². The van der Waals surface area contributed by atoms with E-state index in [-0.39, 0.29) is 11.0 Å². The molecule has 2 atom stereocenters. The first-order chi connectivity index (χ1) is 13.3. The summed E-state index contributed by atoms with van der Waals surface area (Å²) in [6.45, 7) is 19.6. The summed E-state index contributed by atoms with van der Waals surface area (Å²) in [5.74, 6) is 0.170. The van der Waals surface area contributed by atoms with Gasteiger partial charge < -0.3 is 9.53 Å². The van der Waals surface area contributed by atoms with Crippen molar-refractivity contribution in [2.75, 3.05) is 0 Å². The third-order valence-corrected chi connectivity index (χ3v) is 11.2. The van der Waals surface area contributed by atoms with Gasteiger partial charge in [-0.05, 0) is 77.1 Å². The largest absolute Gasteiger partial charge is 0.392 e. The number of aromatic nitrogens is 1. The van der Waals surface area contributed by atoms with Crippen molar-refractivity contribution in [2.24, 2.45) is 5.92 Å². The van der Waals surface area contributed by atoms with Gasteiger partial charge in [0.15, 0.2) is 8.32 Å². The van der Waals surface area contributed by atoms with Crippen LogP contribution >= 0.6 is 11.3 Å². The SMILES string of the molecule is CC(=Cc1csc(C)n1)CCC=C(C)CCCC(C)C(O)O[Si](C)(C)C(C)(C)C. The Labute approximate surface area is 184 Å². The summed E-state index contributed by atoms with van der Waals surface area (Å²) in [5.41, 5.74) is 3.89. The molecule has 0 aliphatic rings. The van der Waals surface area contributed by atoms with E-state index in [0.717, 1.165) is 42.8 Å². The molecule has 2 unspecified atom stereocenters. The average molecular weight is 438 g/mol. The van der Waals surface area contributed by atoms with Gasteiger partial charge in [0.1, 0.15) is 6.29 Å². The van der Waals surface area contributed by atoms with Crippen molar-refractivity contribution in [3.8, 4) is 0 Å². The molecule has 0 fully saturated rings. The van der Waals surface area contributed by atoms with Crippen LogP contribution in [0.5, 0.6) is 0 Å². The number of aryl methyl sites for hydroxylation is 1. The van der Waals surface area contributed by atoms with Crippen LogP contribution in [0.1, 0.15) is 84.3 Å². The van der Waals surface area contributed by atoms with Gasteiger partial charge in [-0.15, -0.1) is 11.3 Å². The van der Waals surface area contributed by atoms with E-state index in [1.165, 1.54) is 11.1 Å². The Kier molecular flexibility index (Phi) is 10.5. The zero-order valence-corrected chi connectivity index (χ0v) is 21.9. The van der Waals surface area contributed by atoms with E-state index in [4.69, 9.17) is 4.43 Å². The fourth-order valence-electron chi connectivity index (χ4n) is 2.86. The normalized spacial score (nSPS) is 16.2. The highest BCUT2D eigenvalue weighted by Gasteiger charge is 2.39. The lowest BCUT2D eigenvalue weighted by Gasteiger charge is -2.39. The van der Waals surface area contributed by atoms with Gasteiger partial charge in [0.2, 0.25) is 0 Å². The summed E-state index contributed by atoms with van der Waals surface area (Å²) in [6.07, 6.45) is 9.22. The number of aliphatic hydroxyl groups is 1. The van der Waals surface area contributed by atoms with Gasteiger partial charge in [-0.25, -0.2) is 4.98 Å². The van der Waals surface area contributed by atoms with Crippen molar-refractivity contribution >= 4 is 25.7 Å². The predicted molar refractivity (Wildman–Crippen MR) is 131 cm³/mol. The third kappa shape index (κ3) is 9.73. The maximum absolute atomic E-state index is 10.5. The van der Waals surface area contributed by atoms with Crippen LogP contribution in [0.4, 0.5) is 0 Å². The minimum absolute atomic E-state index is 0.123. The molecule has 1 heterocycles. The third-order valence-electron chi connectivity index (χ3n) is 6.00. The molecule has 166 valence electrons. The summed E-state index contributed by atoms with van der Waals surface area (Å²) >= 11 is 1.70. The first kappa shape index (κ1) is 26.3. The number of hydrogen-bond acceptors (Lipinski definition) is 4. The number of aliphatic hydroxyl groups excluding tert-OH is 1. The molecule has 0 aliphatic heterocycles. The number of rotatable bonds is 11. The Hall–Kier alpha value is -0.753. The van der Waals surface area contributed by atoms with E-state index < -0.39 is 14.6 Å². The van der Waals surface area contributed by atoms with E-state index in [1.54, 1.807) is 11.3 Å². The summed E-state index contributed by atoms with van der Waals surface area (Å²) in [7, 11) is -1.92. The van der Waals surface area contributed by atoms with Crippen molar-refractivity contribution in [3.05, 3.63) is 33.3 Å². The summed E-state index contributed by atoms with van der Waals surface area (Å²) in [4.78, 5) is 4.50. The fourth-order valence-corrected chi connectivity index (χ4v) is 4.62. The standard InChI is InChI=1S/C24H43NO2SSi/c1-18(12-10-14-19(2)16-22-17-28-21(4)25-22)13-11-15-20(3)23(26)27-29(8,9)24(5,6)7/h12,16-17,20,23,26H,10-11,13-15H2,1-9H3. The van der Waals surface area contributed by atoms with Crippen LogP contribution in [0, 0.1) is 12.8 Å². The Morgan fingerprint density at radius 1 is 1.24 bits per heavy atom. The second-order valence-corrected chi connectivity index (χ2v) is 15.8. The molecular formula is C24H43NO2SSi. The molecule has 0 bridgehead atoms. The van der Waals surface area contributed by atoms with Crippen LogP contribution in [-0.2, 0) is 4.43 Å². The quantitative estimate of drug-likeness (QED) is 0.219.